The molecule has 0 atom stereocenters. The third-order valence-electron chi connectivity index (χ3n) is 2.71. The second kappa shape index (κ2) is 5.32. The first-order valence-electron chi connectivity index (χ1n) is 5.60. The van der Waals surface area contributed by atoms with Gasteiger partial charge in [0.15, 0.2) is 0 Å². The van der Waals surface area contributed by atoms with Crippen LogP contribution in [0.1, 0.15) is 11.1 Å². The van der Waals surface area contributed by atoms with E-state index >= 15 is 0 Å². The zero-order valence-corrected chi connectivity index (χ0v) is 11.0. The van der Waals surface area contributed by atoms with Crippen molar-refractivity contribution < 1.29 is 8.78 Å². The van der Waals surface area contributed by atoms with Crippen molar-refractivity contribution >= 4 is 28.6 Å². The van der Waals surface area contributed by atoms with Crippen molar-refractivity contribution in [3.05, 3.63) is 59.2 Å². The summed E-state index contributed by atoms with van der Waals surface area (Å²) in [6.07, 6.45) is 0. The van der Waals surface area contributed by atoms with E-state index in [4.69, 9.17) is 18.0 Å². The third kappa shape index (κ3) is 2.88. The molecule has 0 aliphatic carbocycles. The lowest BCUT2D eigenvalue weighted by molar-refractivity contribution is 0.619. The molecule has 0 saturated carbocycles. The van der Waals surface area contributed by atoms with Crippen LogP contribution in [-0.2, 0) is 0 Å². The van der Waals surface area contributed by atoms with Gasteiger partial charge in [-0.15, -0.1) is 0 Å². The van der Waals surface area contributed by atoms with Crippen LogP contribution >= 0.6 is 12.2 Å². The Morgan fingerprint density at radius 3 is 2.53 bits per heavy atom. The number of anilines is 2. The molecule has 0 radical (unpaired) electrons. The van der Waals surface area contributed by atoms with Crippen LogP contribution in [0.25, 0.3) is 0 Å². The van der Waals surface area contributed by atoms with Crippen molar-refractivity contribution in [2.24, 2.45) is 5.73 Å². The largest absolute Gasteiger partial charge is 0.389 e. The summed E-state index contributed by atoms with van der Waals surface area (Å²) in [6.45, 7) is 1.67. The third-order valence-corrected chi connectivity index (χ3v) is 2.91. The number of benzene rings is 2. The molecular weight excluding hydrogens is 266 g/mol. The molecule has 0 saturated heterocycles. The van der Waals surface area contributed by atoms with E-state index in [-0.39, 0.29) is 16.4 Å². The fourth-order valence-corrected chi connectivity index (χ4v) is 1.91. The Bertz CT molecular complexity index is 641. The zero-order chi connectivity index (χ0) is 14.0. The second-order valence-electron chi connectivity index (χ2n) is 4.12. The second-order valence-corrected chi connectivity index (χ2v) is 4.56. The first-order chi connectivity index (χ1) is 8.99. The van der Waals surface area contributed by atoms with Crippen molar-refractivity contribution in [3.63, 3.8) is 0 Å². The van der Waals surface area contributed by atoms with E-state index in [9.17, 15) is 8.78 Å². The highest BCUT2D eigenvalue weighted by molar-refractivity contribution is 7.80. The summed E-state index contributed by atoms with van der Waals surface area (Å²) in [4.78, 5) is -0.0480. The van der Waals surface area contributed by atoms with Crippen LogP contribution in [0.15, 0.2) is 36.4 Å². The van der Waals surface area contributed by atoms with Gasteiger partial charge < -0.3 is 11.1 Å². The highest BCUT2D eigenvalue weighted by Gasteiger charge is 2.11. The van der Waals surface area contributed by atoms with Crippen molar-refractivity contribution in [2.75, 3.05) is 5.32 Å². The Morgan fingerprint density at radius 1 is 1.16 bits per heavy atom. The maximum Gasteiger partial charge on any atom is 0.135 e. The Kier molecular flexibility index (Phi) is 3.76. The first-order valence-corrected chi connectivity index (χ1v) is 6.01. The number of rotatable bonds is 3. The number of halogens is 2. The lowest BCUT2D eigenvalue weighted by atomic mass is 10.1. The zero-order valence-electron chi connectivity index (χ0n) is 10.2. The minimum Gasteiger partial charge on any atom is -0.389 e. The molecule has 5 heteroatoms. The predicted molar refractivity (Wildman–Crippen MR) is 76.7 cm³/mol. The average Bonchev–Trinajstić information content (AvgIpc) is 2.33. The van der Waals surface area contributed by atoms with Gasteiger partial charge in [0.25, 0.3) is 0 Å². The number of hydrogen-bond acceptors (Lipinski definition) is 2. The highest BCUT2D eigenvalue weighted by Crippen LogP contribution is 2.24. The van der Waals surface area contributed by atoms with Crippen molar-refractivity contribution in [2.45, 2.75) is 6.92 Å². The molecule has 0 spiro atoms. The number of nitrogens with one attached hydrogen (secondary N) is 1. The minimum absolute atomic E-state index is 0.0480. The Morgan fingerprint density at radius 2 is 1.89 bits per heavy atom. The van der Waals surface area contributed by atoms with Gasteiger partial charge in [0.1, 0.15) is 16.6 Å². The molecular formula is C14H12F2N2S. The molecule has 0 aliphatic heterocycles. The van der Waals surface area contributed by atoms with Gasteiger partial charge >= 0.3 is 0 Å². The smallest absolute Gasteiger partial charge is 0.135 e. The highest BCUT2D eigenvalue weighted by atomic mass is 32.1. The maximum atomic E-state index is 13.7. The quantitative estimate of drug-likeness (QED) is 0.842. The number of hydrogen-bond donors (Lipinski definition) is 2. The van der Waals surface area contributed by atoms with Gasteiger partial charge in [0.05, 0.1) is 11.3 Å². The monoisotopic (exact) mass is 278 g/mol. The SMILES string of the molecule is Cc1ccc(Nc2cccc(F)c2C(N)=S)cc1F. The molecule has 0 aromatic heterocycles. The van der Waals surface area contributed by atoms with Crippen LogP contribution in [-0.4, -0.2) is 4.99 Å². The summed E-state index contributed by atoms with van der Waals surface area (Å²) in [5.74, 6) is -0.844. The van der Waals surface area contributed by atoms with Gasteiger partial charge in [-0.25, -0.2) is 8.78 Å². The summed E-state index contributed by atoms with van der Waals surface area (Å²) in [5, 5.41) is 2.92. The van der Waals surface area contributed by atoms with E-state index in [0.29, 0.717) is 16.9 Å². The normalized spacial score (nSPS) is 10.3. The van der Waals surface area contributed by atoms with Crippen LogP contribution in [0.2, 0.25) is 0 Å². The van der Waals surface area contributed by atoms with E-state index in [1.165, 1.54) is 18.2 Å². The van der Waals surface area contributed by atoms with Gasteiger partial charge in [-0.2, -0.15) is 0 Å². The Labute approximate surface area is 115 Å². The van der Waals surface area contributed by atoms with E-state index in [2.05, 4.69) is 5.32 Å². The molecule has 0 unspecified atom stereocenters. The molecule has 3 N–H and O–H groups in total. The molecule has 0 fully saturated rings. The van der Waals surface area contributed by atoms with Gasteiger partial charge in [-0.05, 0) is 36.8 Å². The summed E-state index contributed by atoms with van der Waals surface area (Å²) < 4.78 is 27.1. The molecule has 0 heterocycles. The van der Waals surface area contributed by atoms with E-state index in [0.717, 1.165) is 0 Å². The minimum atomic E-state index is -0.509. The molecule has 0 bridgehead atoms. The lowest BCUT2D eigenvalue weighted by Gasteiger charge is -2.12. The van der Waals surface area contributed by atoms with Crippen LogP contribution < -0.4 is 11.1 Å². The van der Waals surface area contributed by atoms with Gasteiger partial charge in [0, 0.05) is 5.69 Å². The van der Waals surface area contributed by atoms with Crippen LogP contribution in [0, 0.1) is 18.6 Å². The summed E-state index contributed by atoms with van der Waals surface area (Å²) in [7, 11) is 0. The lowest BCUT2D eigenvalue weighted by Crippen LogP contribution is -2.14. The van der Waals surface area contributed by atoms with Crippen LogP contribution in [0.5, 0.6) is 0 Å². The Hall–Kier alpha value is -2.01. The van der Waals surface area contributed by atoms with Crippen LogP contribution in [0.4, 0.5) is 20.2 Å². The van der Waals surface area contributed by atoms with Crippen molar-refractivity contribution in [1.29, 1.82) is 0 Å². The molecule has 19 heavy (non-hydrogen) atoms. The molecule has 98 valence electrons. The van der Waals surface area contributed by atoms with E-state index in [1.54, 1.807) is 25.1 Å². The van der Waals surface area contributed by atoms with Gasteiger partial charge in [-0.3, -0.25) is 0 Å². The summed E-state index contributed by atoms with van der Waals surface area (Å²) in [5.41, 5.74) is 7.08. The van der Waals surface area contributed by atoms with Crippen molar-refractivity contribution in [1.82, 2.24) is 0 Å². The Balaban J connectivity index is 2.40. The van der Waals surface area contributed by atoms with Gasteiger partial charge in [-0.1, -0.05) is 24.4 Å². The summed E-state index contributed by atoms with van der Waals surface area (Å²) in [6, 6.07) is 9.11. The fraction of sp³-hybridized carbons (Fsp3) is 0.0714. The van der Waals surface area contributed by atoms with Gasteiger partial charge in [0.2, 0.25) is 0 Å². The fourth-order valence-electron chi connectivity index (χ4n) is 1.70. The number of aryl methyl sites for hydroxylation is 1. The predicted octanol–water partition coefficient (Wildman–Crippen LogP) is 3.65. The molecule has 0 amide bonds. The molecule has 2 aromatic carbocycles. The molecule has 2 aromatic rings. The average molecular weight is 278 g/mol. The van der Waals surface area contributed by atoms with E-state index < -0.39 is 5.82 Å². The summed E-state index contributed by atoms with van der Waals surface area (Å²) >= 11 is 4.82. The van der Waals surface area contributed by atoms with Crippen LogP contribution in [0.3, 0.4) is 0 Å². The number of nitrogens with two attached hydrogens (primary N) is 1. The topological polar surface area (TPSA) is 38.0 Å². The molecule has 2 rings (SSSR count). The molecule has 0 aliphatic rings. The molecule has 2 nitrogen and oxygen atoms in total. The number of thiocarbonyl (C=S) groups is 1. The first kappa shape index (κ1) is 13.4. The van der Waals surface area contributed by atoms with E-state index in [1.807, 2.05) is 0 Å². The standard InChI is InChI=1S/C14H12F2N2S/c1-8-5-6-9(7-11(8)16)18-12-4-2-3-10(15)13(12)14(17)19/h2-7,18H,1H3,(H2,17,19). The maximum absolute atomic E-state index is 13.7. The van der Waals surface area contributed by atoms with Crippen molar-refractivity contribution in [3.8, 4) is 0 Å².